The van der Waals surface area contributed by atoms with Crippen LogP contribution in [-0.2, 0) is 15.0 Å². The quantitative estimate of drug-likeness (QED) is 0.868. The van der Waals surface area contributed by atoms with E-state index in [0.717, 1.165) is 18.4 Å². The summed E-state index contributed by atoms with van der Waals surface area (Å²) in [7, 11) is 0. The van der Waals surface area contributed by atoms with Gasteiger partial charge in [-0.2, -0.15) is 0 Å². The second kappa shape index (κ2) is 4.51. The predicted molar refractivity (Wildman–Crippen MR) is 72.9 cm³/mol. The molecule has 2 aliphatic rings. The summed E-state index contributed by atoms with van der Waals surface area (Å²) < 4.78 is 5.50. The molecule has 5 nitrogen and oxygen atoms in total. The number of carbonyl (C=O) groups excluding carboxylic acids is 1. The number of carboxylic acids is 1. The lowest BCUT2D eigenvalue weighted by atomic mass is 9.78. The van der Waals surface area contributed by atoms with Crippen LogP contribution in [0.2, 0.25) is 0 Å². The first-order valence-corrected chi connectivity index (χ1v) is 6.88. The van der Waals surface area contributed by atoms with E-state index in [-0.39, 0.29) is 5.91 Å². The lowest BCUT2D eigenvalue weighted by molar-refractivity contribution is -0.143. The summed E-state index contributed by atoms with van der Waals surface area (Å²) in [5.74, 6) is -0.392. The molecule has 3 rings (SSSR count). The Hall–Kier alpha value is -2.04. The van der Waals surface area contributed by atoms with Crippen LogP contribution in [0.1, 0.15) is 38.2 Å². The topological polar surface area (TPSA) is 75.6 Å². The van der Waals surface area contributed by atoms with Crippen LogP contribution in [-0.4, -0.2) is 23.1 Å². The van der Waals surface area contributed by atoms with Crippen molar-refractivity contribution in [2.24, 2.45) is 0 Å². The maximum atomic E-state index is 11.7. The molecule has 1 aromatic carbocycles. The zero-order valence-electron chi connectivity index (χ0n) is 11.3. The minimum absolute atomic E-state index is 0.203. The molecule has 1 unspecified atom stereocenters. The molecular weight excluding hydrogens is 258 g/mol. The van der Waals surface area contributed by atoms with Crippen molar-refractivity contribution in [3.05, 3.63) is 23.8 Å². The summed E-state index contributed by atoms with van der Waals surface area (Å²) in [4.78, 5) is 23.3. The van der Waals surface area contributed by atoms with E-state index in [1.807, 2.05) is 6.07 Å². The Morgan fingerprint density at radius 2 is 2.10 bits per heavy atom. The Morgan fingerprint density at radius 1 is 1.40 bits per heavy atom. The molecule has 1 heterocycles. The van der Waals surface area contributed by atoms with Crippen LogP contribution in [0, 0.1) is 0 Å². The summed E-state index contributed by atoms with van der Waals surface area (Å²) in [6.45, 7) is 1.68. The molecule has 2 N–H and O–H groups in total. The van der Waals surface area contributed by atoms with Crippen molar-refractivity contribution in [3.63, 3.8) is 0 Å². The normalized spacial score (nSPS) is 23.6. The predicted octanol–water partition coefficient (Wildman–Crippen LogP) is 2.30. The number of rotatable bonds is 2. The van der Waals surface area contributed by atoms with Crippen molar-refractivity contribution in [3.8, 4) is 5.75 Å². The standard InChI is InChI=1S/C15H17NO4/c1-9-13(17)16-11-8-10(4-5-12(11)20-9)15(14(18)19)6-2-3-7-15/h4-5,8-9H,2-3,6-7H2,1H3,(H,16,17)(H,18,19). The van der Waals surface area contributed by atoms with Gasteiger partial charge in [-0.1, -0.05) is 18.9 Å². The molecule has 1 aliphatic heterocycles. The Labute approximate surface area is 116 Å². The molecule has 1 amide bonds. The van der Waals surface area contributed by atoms with Crippen LogP contribution in [0.15, 0.2) is 18.2 Å². The zero-order valence-corrected chi connectivity index (χ0v) is 11.3. The summed E-state index contributed by atoms with van der Waals surface area (Å²) in [5, 5.41) is 12.4. The van der Waals surface area contributed by atoms with E-state index in [4.69, 9.17) is 4.74 Å². The van der Waals surface area contributed by atoms with Crippen molar-refractivity contribution in [2.45, 2.75) is 44.1 Å². The van der Waals surface area contributed by atoms with Gasteiger partial charge >= 0.3 is 5.97 Å². The lowest BCUT2D eigenvalue weighted by Gasteiger charge is -2.28. The third-order valence-corrected chi connectivity index (χ3v) is 4.33. The first-order chi connectivity index (χ1) is 9.53. The molecule has 0 saturated heterocycles. The van der Waals surface area contributed by atoms with E-state index in [0.29, 0.717) is 24.3 Å². The number of aliphatic carboxylic acids is 1. The van der Waals surface area contributed by atoms with E-state index < -0.39 is 17.5 Å². The van der Waals surface area contributed by atoms with E-state index >= 15 is 0 Å². The molecule has 1 fully saturated rings. The molecule has 0 radical (unpaired) electrons. The van der Waals surface area contributed by atoms with Gasteiger partial charge in [0.25, 0.3) is 5.91 Å². The van der Waals surface area contributed by atoms with Crippen molar-refractivity contribution >= 4 is 17.6 Å². The third kappa shape index (κ3) is 1.85. The fourth-order valence-electron chi connectivity index (χ4n) is 3.11. The zero-order chi connectivity index (χ0) is 14.3. The molecule has 106 valence electrons. The summed E-state index contributed by atoms with van der Waals surface area (Å²) in [6, 6.07) is 5.31. The van der Waals surface area contributed by atoms with Gasteiger partial charge in [-0.05, 0) is 37.5 Å². The summed E-state index contributed by atoms with van der Waals surface area (Å²) in [6.07, 6.45) is 2.61. The third-order valence-electron chi connectivity index (χ3n) is 4.33. The molecule has 0 aromatic heterocycles. The van der Waals surface area contributed by atoms with Crippen molar-refractivity contribution in [2.75, 3.05) is 5.32 Å². The second-order valence-corrected chi connectivity index (χ2v) is 5.55. The number of amides is 1. The number of carboxylic acid groups (broad SMARTS) is 1. The Morgan fingerprint density at radius 3 is 2.75 bits per heavy atom. The van der Waals surface area contributed by atoms with Gasteiger partial charge in [0.1, 0.15) is 5.75 Å². The van der Waals surface area contributed by atoms with Crippen molar-refractivity contribution in [1.82, 2.24) is 0 Å². The van der Waals surface area contributed by atoms with Crippen LogP contribution in [0.5, 0.6) is 5.75 Å². The molecule has 1 atom stereocenters. The highest BCUT2D eigenvalue weighted by atomic mass is 16.5. The van der Waals surface area contributed by atoms with Gasteiger partial charge in [0.2, 0.25) is 0 Å². The first kappa shape index (κ1) is 13.0. The minimum Gasteiger partial charge on any atom is -0.481 e. The second-order valence-electron chi connectivity index (χ2n) is 5.55. The fourth-order valence-corrected chi connectivity index (χ4v) is 3.11. The maximum Gasteiger partial charge on any atom is 0.314 e. The van der Waals surface area contributed by atoms with Crippen LogP contribution >= 0.6 is 0 Å². The molecule has 0 spiro atoms. The Bertz CT molecular complexity index is 575. The van der Waals surface area contributed by atoms with Crippen molar-refractivity contribution < 1.29 is 19.4 Å². The summed E-state index contributed by atoms with van der Waals surface area (Å²) in [5.41, 5.74) is 0.501. The summed E-state index contributed by atoms with van der Waals surface area (Å²) >= 11 is 0. The molecule has 1 aromatic rings. The highest BCUT2D eigenvalue weighted by molar-refractivity contribution is 5.97. The Balaban J connectivity index is 2.02. The monoisotopic (exact) mass is 275 g/mol. The SMILES string of the molecule is CC1Oc2ccc(C3(C(=O)O)CCCC3)cc2NC1=O. The number of hydrogen-bond donors (Lipinski definition) is 2. The van der Waals surface area contributed by atoms with Crippen LogP contribution in [0.3, 0.4) is 0 Å². The van der Waals surface area contributed by atoms with E-state index in [1.54, 1.807) is 19.1 Å². The Kier molecular flexibility index (Phi) is 2.92. The number of nitrogens with one attached hydrogen (secondary N) is 1. The molecule has 5 heteroatoms. The number of carbonyl (C=O) groups is 2. The number of benzene rings is 1. The van der Waals surface area contributed by atoms with Gasteiger partial charge in [-0.15, -0.1) is 0 Å². The average Bonchev–Trinajstić information content (AvgIpc) is 2.90. The average molecular weight is 275 g/mol. The lowest BCUT2D eigenvalue weighted by Crippen LogP contribution is -2.36. The first-order valence-electron chi connectivity index (χ1n) is 6.88. The van der Waals surface area contributed by atoms with Crippen LogP contribution in [0.25, 0.3) is 0 Å². The van der Waals surface area contributed by atoms with E-state index in [2.05, 4.69) is 5.32 Å². The van der Waals surface area contributed by atoms with Gasteiger partial charge < -0.3 is 15.2 Å². The minimum atomic E-state index is -0.817. The molecule has 1 saturated carbocycles. The fraction of sp³-hybridized carbons (Fsp3) is 0.467. The number of ether oxygens (including phenoxy) is 1. The van der Waals surface area contributed by atoms with Gasteiger partial charge in [0.15, 0.2) is 6.10 Å². The van der Waals surface area contributed by atoms with Crippen LogP contribution in [0.4, 0.5) is 5.69 Å². The van der Waals surface area contributed by atoms with Gasteiger partial charge in [0, 0.05) is 0 Å². The molecular formula is C15H17NO4. The van der Waals surface area contributed by atoms with Crippen molar-refractivity contribution in [1.29, 1.82) is 0 Å². The van der Waals surface area contributed by atoms with E-state index in [9.17, 15) is 14.7 Å². The van der Waals surface area contributed by atoms with E-state index in [1.165, 1.54) is 0 Å². The number of fused-ring (bicyclic) bond motifs is 1. The smallest absolute Gasteiger partial charge is 0.314 e. The molecule has 1 aliphatic carbocycles. The number of anilines is 1. The van der Waals surface area contributed by atoms with Gasteiger partial charge in [-0.25, -0.2) is 0 Å². The highest BCUT2D eigenvalue weighted by Gasteiger charge is 2.43. The molecule has 0 bridgehead atoms. The van der Waals surface area contributed by atoms with Gasteiger partial charge in [-0.3, -0.25) is 9.59 Å². The maximum absolute atomic E-state index is 11.7. The molecule has 20 heavy (non-hydrogen) atoms. The highest BCUT2D eigenvalue weighted by Crippen LogP contribution is 2.44. The van der Waals surface area contributed by atoms with Crippen LogP contribution < -0.4 is 10.1 Å². The largest absolute Gasteiger partial charge is 0.481 e. The number of hydrogen-bond acceptors (Lipinski definition) is 3. The van der Waals surface area contributed by atoms with Gasteiger partial charge in [0.05, 0.1) is 11.1 Å².